The normalized spacial score (nSPS) is 48.4. The van der Waals surface area contributed by atoms with E-state index in [1.807, 2.05) is 0 Å². The minimum atomic E-state index is 0.892. The molecule has 0 unspecified atom stereocenters. The van der Waals surface area contributed by atoms with Gasteiger partial charge in [0.05, 0.1) is 0 Å². The van der Waals surface area contributed by atoms with Crippen molar-refractivity contribution in [2.24, 2.45) is 35.5 Å². The first-order chi connectivity index (χ1) is 10.9. The molecule has 5 aliphatic carbocycles. The molecule has 5 aliphatic rings. The van der Waals surface area contributed by atoms with Gasteiger partial charge >= 0.3 is 0 Å². The molecule has 0 aliphatic heterocycles. The van der Waals surface area contributed by atoms with E-state index >= 15 is 0 Å². The number of rotatable bonds is 0. The van der Waals surface area contributed by atoms with Crippen LogP contribution in [-0.2, 0) is 0 Å². The van der Waals surface area contributed by atoms with Crippen LogP contribution in [0, 0.1) is 35.5 Å². The van der Waals surface area contributed by atoms with Crippen molar-refractivity contribution >= 4 is 10.8 Å². The van der Waals surface area contributed by atoms with E-state index in [9.17, 15) is 0 Å². The predicted molar refractivity (Wildman–Crippen MR) is 88.7 cm³/mol. The minimum absolute atomic E-state index is 0.892. The highest BCUT2D eigenvalue weighted by atomic mass is 14.7. The van der Waals surface area contributed by atoms with Crippen LogP contribution in [0.1, 0.15) is 35.8 Å². The van der Waals surface area contributed by atoms with E-state index in [4.69, 9.17) is 0 Å². The fourth-order valence-corrected chi connectivity index (χ4v) is 7.60. The van der Waals surface area contributed by atoms with E-state index < -0.39 is 0 Å². The summed E-state index contributed by atoms with van der Waals surface area (Å²) < 4.78 is 0. The van der Waals surface area contributed by atoms with E-state index in [-0.39, 0.29) is 0 Å². The van der Waals surface area contributed by atoms with E-state index in [1.54, 1.807) is 11.1 Å². The first kappa shape index (κ1) is 11.0. The second kappa shape index (κ2) is 3.35. The van der Waals surface area contributed by atoms with E-state index in [2.05, 4.69) is 48.6 Å². The van der Waals surface area contributed by atoms with Crippen molar-refractivity contribution in [3.8, 4) is 0 Å². The third-order valence-corrected chi connectivity index (χ3v) is 8.10. The van der Waals surface area contributed by atoms with Crippen LogP contribution in [0.5, 0.6) is 0 Å². The highest BCUT2D eigenvalue weighted by Crippen LogP contribution is 2.77. The van der Waals surface area contributed by atoms with E-state index in [0.29, 0.717) is 0 Å². The van der Waals surface area contributed by atoms with Gasteiger partial charge in [0.2, 0.25) is 0 Å². The summed E-state index contributed by atoms with van der Waals surface area (Å²) in [7, 11) is 0. The molecule has 0 radical (unpaired) electrons. The van der Waals surface area contributed by atoms with Crippen LogP contribution in [0.15, 0.2) is 48.6 Å². The highest BCUT2D eigenvalue weighted by Gasteiger charge is 2.69. The number of fused-ring (bicyclic) bond motifs is 16. The summed E-state index contributed by atoms with van der Waals surface area (Å²) in [5, 5.41) is 2.91. The zero-order valence-corrected chi connectivity index (χ0v) is 12.7. The lowest BCUT2D eigenvalue weighted by Gasteiger charge is -2.56. The first-order valence-electron chi connectivity index (χ1n) is 9.11. The molecule has 7 rings (SSSR count). The Morgan fingerprint density at radius 3 is 1.73 bits per heavy atom. The molecule has 0 heteroatoms. The molecular weight excluding hydrogens is 264 g/mol. The molecule has 2 aromatic rings. The monoisotopic (exact) mass is 284 g/mol. The van der Waals surface area contributed by atoms with Crippen molar-refractivity contribution < 1.29 is 0 Å². The van der Waals surface area contributed by atoms with Gasteiger partial charge in [-0.3, -0.25) is 0 Å². The summed E-state index contributed by atoms with van der Waals surface area (Å²) >= 11 is 0. The summed E-state index contributed by atoms with van der Waals surface area (Å²) in [6, 6.07) is 14.0. The van der Waals surface area contributed by atoms with Gasteiger partial charge in [-0.25, -0.2) is 0 Å². The van der Waals surface area contributed by atoms with Crippen molar-refractivity contribution in [2.75, 3.05) is 0 Å². The molecule has 0 saturated heterocycles. The fourth-order valence-electron chi connectivity index (χ4n) is 7.60. The van der Waals surface area contributed by atoms with Gasteiger partial charge in [0, 0.05) is 0 Å². The summed E-state index contributed by atoms with van der Waals surface area (Å²) in [5.74, 6) is 7.84. The fraction of sp³-hybridized carbons (Fsp3) is 0.455. The lowest BCUT2D eigenvalue weighted by Crippen LogP contribution is -2.50. The van der Waals surface area contributed by atoms with Crippen molar-refractivity contribution in [1.29, 1.82) is 0 Å². The molecule has 2 aromatic carbocycles. The average Bonchev–Trinajstić information content (AvgIpc) is 3.24. The Bertz CT molecular complexity index is 791. The van der Waals surface area contributed by atoms with Crippen molar-refractivity contribution in [2.45, 2.75) is 24.7 Å². The Morgan fingerprint density at radius 1 is 0.636 bits per heavy atom. The largest absolute Gasteiger partial charge is 0.0848 e. The van der Waals surface area contributed by atoms with Crippen LogP contribution in [0.2, 0.25) is 0 Å². The molecule has 3 fully saturated rings. The van der Waals surface area contributed by atoms with Crippen LogP contribution in [0.25, 0.3) is 10.8 Å². The maximum absolute atomic E-state index is 2.56. The minimum Gasteiger partial charge on any atom is -0.0848 e. The van der Waals surface area contributed by atoms with Crippen LogP contribution >= 0.6 is 0 Å². The maximum Gasteiger partial charge on any atom is -0.0119 e. The second-order valence-electron chi connectivity index (χ2n) is 8.53. The molecule has 0 amide bonds. The summed E-state index contributed by atoms with van der Waals surface area (Å²) in [6.07, 6.45) is 8.08. The van der Waals surface area contributed by atoms with Gasteiger partial charge in [0.15, 0.2) is 0 Å². The maximum atomic E-state index is 2.56. The molecule has 4 bridgehead atoms. The van der Waals surface area contributed by atoms with Crippen molar-refractivity contribution in [3.63, 3.8) is 0 Å². The van der Waals surface area contributed by atoms with Gasteiger partial charge in [-0.2, -0.15) is 0 Å². The Morgan fingerprint density at radius 2 is 1.18 bits per heavy atom. The zero-order chi connectivity index (χ0) is 14.0. The van der Waals surface area contributed by atoms with Gasteiger partial charge in [-0.05, 0) is 82.1 Å². The Kier molecular flexibility index (Phi) is 1.68. The van der Waals surface area contributed by atoms with Crippen LogP contribution in [-0.4, -0.2) is 0 Å². The first-order valence-corrected chi connectivity index (χ1v) is 9.11. The zero-order valence-electron chi connectivity index (χ0n) is 12.7. The third kappa shape index (κ3) is 1.01. The molecule has 0 aromatic heterocycles. The molecule has 3 saturated carbocycles. The SMILES string of the molecule is C1=C[C@H]2C[C@@H]1[C@H]1[C@@H]2[C@H]2[C@@H]1[C@H]1C[C@@H]2c2cc3ccccc3cc21. The molecule has 0 nitrogen and oxygen atoms in total. The van der Waals surface area contributed by atoms with Crippen LogP contribution in [0.4, 0.5) is 0 Å². The second-order valence-corrected chi connectivity index (χ2v) is 8.53. The quantitative estimate of drug-likeness (QED) is 0.466. The van der Waals surface area contributed by atoms with Gasteiger partial charge in [-0.15, -0.1) is 0 Å². The Labute approximate surface area is 131 Å². The number of hydrogen-bond donors (Lipinski definition) is 0. The van der Waals surface area contributed by atoms with Crippen molar-refractivity contribution in [1.82, 2.24) is 0 Å². The Balaban J connectivity index is 1.42. The van der Waals surface area contributed by atoms with E-state index in [1.165, 1.54) is 23.6 Å². The molecule has 0 N–H and O–H groups in total. The van der Waals surface area contributed by atoms with E-state index in [0.717, 1.165) is 47.3 Å². The summed E-state index contributed by atoms with van der Waals surface area (Å²) in [6.45, 7) is 0. The third-order valence-electron chi connectivity index (χ3n) is 8.10. The molecule has 0 heterocycles. The number of allylic oxidation sites excluding steroid dienone is 2. The van der Waals surface area contributed by atoms with Crippen LogP contribution in [0.3, 0.4) is 0 Å². The molecule has 8 atom stereocenters. The number of hydrogen-bond acceptors (Lipinski definition) is 0. The van der Waals surface area contributed by atoms with Gasteiger partial charge < -0.3 is 0 Å². The number of benzene rings is 2. The molecule has 22 heavy (non-hydrogen) atoms. The highest BCUT2D eigenvalue weighted by molar-refractivity contribution is 5.85. The standard InChI is InChI=1S/C22H20/c1-2-4-12-9-16-15(8-11(12)3-1)17-10-18(16)22-20-14-6-5-13(7-14)19(20)21(17)22/h1-6,8-9,13-14,17-22H,7,10H2/t13-,14+,17+,18-,19+,20-,21-,22+. The molecular formula is C22H20. The summed E-state index contributed by atoms with van der Waals surface area (Å²) in [4.78, 5) is 0. The topological polar surface area (TPSA) is 0 Å². The molecule has 0 spiro atoms. The smallest absolute Gasteiger partial charge is 0.0119 e. The Hall–Kier alpha value is -1.56. The van der Waals surface area contributed by atoms with Gasteiger partial charge in [-0.1, -0.05) is 48.6 Å². The van der Waals surface area contributed by atoms with Gasteiger partial charge in [0.1, 0.15) is 0 Å². The molecule has 108 valence electrons. The average molecular weight is 284 g/mol. The summed E-state index contributed by atoms with van der Waals surface area (Å²) in [5.41, 5.74) is 3.46. The van der Waals surface area contributed by atoms with Crippen LogP contribution < -0.4 is 0 Å². The predicted octanol–water partition coefficient (Wildman–Crippen LogP) is 5.11. The van der Waals surface area contributed by atoms with Gasteiger partial charge in [0.25, 0.3) is 0 Å². The lowest BCUT2D eigenvalue weighted by atomic mass is 9.48. The van der Waals surface area contributed by atoms with Crippen molar-refractivity contribution in [3.05, 3.63) is 59.7 Å². The lowest BCUT2D eigenvalue weighted by molar-refractivity contribution is -0.0283.